The van der Waals surface area contributed by atoms with E-state index in [-0.39, 0.29) is 16.2 Å². The Labute approximate surface area is 331 Å². The molecule has 1 atom stereocenters. The first-order valence-corrected chi connectivity index (χ1v) is 20.4. The first kappa shape index (κ1) is 35.1. The molecule has 0 aromatic heterocycles. The number of hydrogen-bond donors (Lipinski definition) is 0. The van der Waals surface area contributed by atoms with Crippen LogP contribution in [0.2, 0.25) is 0 Å². The van der Waals surface area contributed by atoms with Crippen molar-refractivity contribution in [2.75, 3.05) is 38.3 Å². The maximum absolute atomic E-state index is 7.79. The Hall–Kier alpha value is -5.32. The van der Waals surface area contributed by atoms with Crippen molar-refractivity contribution in [3.05, 3.63) is 155 Å². The standard InChI is InChI=1S/C52H51NO3/c1-49(2)32-50(3,4)34-51(33-49)45-14-10-9-13-42(45)46-44-31-36(35-15-22-40(54-5)23-16-35)17-24-41(44)48-43(47(46)51)25-26-52(56-48,37-11-7-6-8-12-37)38-18-20-39(21-19-38)53-27-29-55-30-28-53/h6-26,31H,27-30,32-34H2,1-5H3. The van der Waals surface area contributed by atoms with Crippen molar-refractivity contribution < 1.29 is 14.2 Å². The average molecular weight is 738 g/mol. The SMILES string of the molecule is COc1ccc(-c2ccc3c4c(c5c(c3c2)-c2ccccc2C52CC(C)(C)CC(C)(C)C2)C=CC(c2ccccc2)(c2ccc(N3CCOCC3)cc2)O4)cc1. The van der Waals surface area contributed by atoms with E-state index in [1.807, 2.05) is 0 Å². The van der Waals surface area contributed by atoms with Crippen molar-refractivity contribution in [2.24, 2.45) is 10.8 Å². The highest BCUT2D eigenvalue weighted by molar-refractivity contribution is 6.10. The number of benzene rings is 6. The van der Waals surface area contributed by atoms with Crippen LogP contribution in [0.15, 0.2) is 127 Å². The van der Waals surface area contributed by atoms with Crippen LogP contribution in [0.4, 0.5) is 5.69 Å². The van der Waals surface area contributed by atoms with E-state index < -0.39 is 5.60 Å². The number of rotatable bonds is 5. The molecular formula is C52H51NO3. The van der Waals surface area contributed by atoms with E-state index in [0.29, 0.717) is 0 Å². The summed E-state index contributed by atoms with van der Waals surface area (Å²) in [5.41, 5.74) is 12.0. The van der Waals surface area contributed by atoms with Crippen molar-refractivity contribution in [3.8, 4) is 33.8 Å². The van der Waals surface area contributed by atoms with Gasteiger partial charge in [0, 0.05) is 46.3 Å². The number of fused-ring (bicyclic) bond motifs is 10. The summed E-state index contributed by atoms with van der Waals surface area (Å²) in [6.07, 6.45) is 8.15. The predicted molar refractivity (Wildman–Crippen MR) is 230 cm³/mol. The van der Waals surface area contributed by atoms with Crippen molar-refractivity contribution in [2.45, 2.75) is 58.0 Å². The number of methoxy groups -OCH3 is 1. The first-order chi connectivity index (χ1) is 27.1. The van der Waals surface area contributed by atoms with E-state index >= 15 is 0 Å². The van der Waals surface area contributed by atoms with Gasteiger partial charge >= 0.3 is 0 Å². The van der Waals surface area contributed by atoms with Crippen LogP contribution in [-0.4, -0.2) is 33.4 Å². The third-order valence-electron chi connectivity index (χ3n) is 13.1. The molecule has 282 valence electrons. The van der Waals surface area contributed by atoms with Crippen LogP contribution in [0.1, 0.15) is 74.8 Å². The van der Waals surface area contributed by atoms with E-state index in [2.05, 4.69) is 166 Å². The monoisotopic (exact) mass is 737 g/mol. The summed E-state index contributed by atoms with van der Waals surface area (Å²) in [5.74, 6) is 1.83. The Kier molecular flexibility index (Phi) is 8.06. The normalized spacial score (nSPS) is 21.3. The lowest BCUT2D eigenvalue weighted by molar-refractivity contribution is 0.0642. The highest BCUT2D eigenvalue weighted by Crippen LogP contribution is 2.67. The topological polar surface area (TPSA) is 30.9 Å². The fourth-order valence-electron chi connectivity index (χ4n) is 11.5. The molecule has 1 saturated carbocycles. The van der Waals surface area contributed by atoms with Crippen LogP contribution in [0.3, 0.4) is 0 Å². The van der Waals surface area contributed by atoms with E-state index in [1.54, 1.807) is 7.11 Å². The molecule has 6 aromatic rings. The summed E-state index contributed by atoms with van der Waals surface area (Å²) in [6.45, 7) is 13.3. The fraction of sp³-hybridized carbons (Fsp3) is 0.308. The van der Waals surface area contributed by atoms with E-state index in [9.17, 15) is 0 Å². The smallest absolute Gasteiger partial charge is 0.178 e. The molecule has 6 aromatic carbocycles. The van der Waals surface area contributed by atoms with Gasteiger partial charge < -0.3 is 19.1 Å². The summed E-state index contributed by atoms with van der Waals surface area (Å²) in [7, 11) is 1.72. The third-order valence-corrected chi connectivity index (χ3v) is 13.1. The Morgan fingerprint density at radius 3 is 2.02 bits per heavy atom. The van der Waals surface area contributed by atoms with Crippen LogP contribution in [0.25, 0.3) is 39.1 Å². The summed E-state index contributed by atoms with van der Waals surface area (Å²) < 4.78 is 19.0. The molecule has 0 N–H and O–H groups in total. The summed E-state index contributed by atoms with van der Waals surface area (Å²) in [5, 5.41) is 2.39. The zero-order valence-corrected chi connectivity index (χ0v) is 33.3. The zero-order valence-electron chi connectivity index (χ0n) is 33.3. The Balaban J connectivity index is 1.24. The number of ether oxygens (including phenoxy) is 3. The Morgan fingerprint density at radius 2 is 1.30 bits per heavy atom. The molecule has 4 heteroatoms. The van der Waals surface area contributed by atoms with Gasteiger partial charge in [-0.15, -0.1) is 0 Å². The van der Waals surface area contributed by atoms with Gasteiger partial charge in [-0.1, -0.05) is 119 Å². The van der Waals surface area contributed by atoms with Gasteiger partial charge in [0.2, 0.25) is 0 Å². The van der Waals surface area contributed by atoms with Crippen molar-refractivity contribution in [1.82, 2.24) is 0 Å². The van der Waals surface area contributed by atoms with Gasteiger partial charge in [-0.2, -0.15) is 0 Å². The summed E-state index contributed by atoms with van der Waals surface area (Å²) in [4.78, 5) is 2.41. The third kappa shape index (κ3) is 5.51. The first-order valence-electron chi connectivity index (χ1n) is 20.4. The van der Waals surface area contributed by atoms with Crippen molar-refractivity contribution in [3.63, 3.8) is 0 Å². The van der Waals surface area contributed by atoms with Crippen LogP contribution < -0.4 is 14.4 Å². The molecule has 2 fully saturated rings. The minimum atomic E-state index is -0.822. The number of nitrogens with zero attached hydrogens (tertiary/aromatic N) is 1. The van der Waals surface area contributed by atoms with Gasteiger partial charge in [0.05, 0.1) is 20.3 Å². The van der Waals surface area contributed by atoms with Gasteiger partial charge in [-0.25, -0.2) is 0 Å². The minimum absolute atomic E-state index is 0.151. The van der Waals surface area contributed by atoms with Crippen LogP contribution in [0.5, 0.6) is 11.5 Å². The lowest BCUT2D eigenvalue weighted by Crippen LogP contribution is -2.44. The van der Waals surface area contributed by atoms with E-state index in [0.717, 1.165) is 67.2 Å². The second kappa shape index (κ2) is 12.9. The maximum Gasteiger partial charge on any atom is 0.178 e. The molecule has 0 radical (unpaired) electrons. The van der Waals surface area contributed by atoms with Crippen molar-refractivity contribution >= 4 is 22.5 Å². The molecule has 1 saturated heterocycles. The van der Waals surface area contributed by atoms with E-state index in [1.165, 1.54) is 56.4 Å². The molecule has 2 aliphatic heterocycles. The number of anilines is 1. The Morgan fingerprint density at radius 1 is 0.643 bits per heavy atom. The molecule has 1 spiro atoms. The molecule has 0 bridgehead atoms. The Bertz CT molecular complexity index is 2470. The van der Waals surface area contributed by atoms with Gasteiger partial charge in [-0.05, 0) is 111 Å². The van der Waals surface area contributed by atoms with E-state index in [4.69, 9.17) is 14.2 Å². The number of morpholine rings is 1. The van der Waals surface area contributed by atoms with Gasteiger partial charge in [-0.3, -0.25) is 0 Å². The van der Waals surface area contributed by atoms with Gasteiger partial charge in [0.1, 0.15) is 11.5 Å². The average Bonchev–Trinajstić information content (AvgIpc) is 3.48. The van der Waals surface area contributed by atoms with Crippen LogP contribution in [0, 0.1) is 10.8 Å². The highest BCUT2D eigenvalue weighted by atomic mass is 16.5. The molecule has 1 unspecified atom stereocenters. The quantitative estimate of drug-likeness (QED) is 0.176. The lowest BCUT2D eigenvalue weighted by atomic mass is 9.52. The predicted octanol–water partition coefficient (Wildman–Crippen LogP) is 12.2. The molecular weight excluding hydrogens is 687 g/mol. The highest BCUT2D eigenvalue weighted by Gasteiger charge is 2.55. The molecule has 4 nitrogen and oxygen atoms in total. The second-order valence-corrected chi connectivity index (χ2v) is 18.2. The maximum atomic E-state index is 7.79. The molecule has 2 heterocycles. The largest absolute Gasteiger partial charge is 0.497 e. The van der Waals surface area contributed by atoms with Crippen molar-refractivity contribution in [1.29, 1.82) is 0 Å². The van der Waals surface area contributed by atoms with Gasteiger partial charge in [0.25, 0.3) is 0 Å². The minimum Gasteiger partial charge on any atom is -0.497 e. The molecule has 0 amide bonds. The molecule has 56 heavy (non-hydrogen) atoms. The lowest BCUT2D eigenvalue weighted by Gasteiger charge is -2.52. The summed E-state index contributed by atoms with van der Waals surface area (Å²) >= 11 is 0. The fourth-order valence-corrected chi connectivity index (χ4v) is 11.5. The molecule has 2 aliphatic carbocycles. The summed E-state index contributed by atoms with van der Waals surface area (Å²) in [6, 6.07) is 44.6. The second-order valence-electron chi connectivity index (χ2n) is 18.2. The van der Waals surface area contributed by atoms with Crippen LogP contribution in [-0.2, 0) is 15.8 Å². The van der Waals surface area contributed by atoms with Crippen LogP contribution >= 0.6 is 0 Å². The molecule has 10 rings (SSSR count). The van der Waals surface area contributed by atoms with Gasteiger partial charge in [0.15, 0.2) is 5.60 Å². The molecule has 4 aliphatic rings. The zero-order chi connectivity index (χ0) is 38.3. The number of hydrogen-bond acceptors (Lipinski definition) is 4.